The molecule has 1 aliphatic heterocycles. The molecule has 1 fully saturated rings. The SMILES string of the molecule is C=CC(N1CCNCC1)S(=O)(=O)c1ccc(-c2cc(CC)c(=O)[nH]c2C)s1. The van der Waals surface area contributed by atoms with Crippen LogP contribution in [0.3, 0.4) is 0 Å². The quantitative estimate of drug-likeness (QED) is 0.717. The van der Waals surface area contributed by atoms with Gasteiger partial charge in [0.05, 0.1) is 0 Å². The number of nitrogens with zero attached hydrogens (tertiary/aromatic N) is 1. The summed E-state index contributed by atoms with van der Waals surface area (Å²) in [6, 6.07) is 5.33. The minimum atomic E-state index is -3.55. The molecule has 0 radical (unpaired) electrons. The van der Waals surface area contributed by atoms with Gasteiger partial charge in [-0.1, -0.05) is 13.0 Å². The number of hydrogen-bond acceptors (Lipinski definition) is 6. The molecule has 1 atom stereocenters. The number of pyridine rings is 1. The first kappa shape index (κ1) is 20.0. The second-order valence-electron chi connectivity index (χ2n) is 6.59. The molecule has 2 N–H and O–H groups in total. The summed E-state index contributed by atoms with van der Waals surface area (Å²) >= 11 is 1.24. The lowest BCUT2D eigenvalue weighted by atomic mass is 10.1. The molecule has 0 aromatic carbocycles. The zero-order chi connectivity index (χ0) is 19.6. The first-order valence-electron chi connectivity index (χ1n) is 9.02. The van der Waals surface area contributed by atoms with Gasteiger partial charge in [-0.25, -0.2) is 8.42 Å². The van der Waals surface area contributed by atoms with Crippen molar-refractivity contribution in [3.05, 3.63) is 52.5 Å². The monoisotopic (exact) mass is 407 g/mol. The maximum absolute atomic E-state index is 13.2. The Morgan fingerprint density at radius 3 is 2.67 bits per heavy atom. The van der Waals surface area contributed by atoms with E-state index in [0.717, 1.165) is 29.2 Å². The Labute approximate surface area is 163 Å². The molecule has 27 heavy (non-hydrogen) atoms. The molecule has 0 spiro atoms. The van der Waals surface area contributed by atoms with E-state index in [1.165, 1.54) is 17.4 Å². The van der Waals surface area contributed by atoms with Crippen molar-refractivity contribution in [1.82, 2.24) is 15.2 Å². The highest BCUT2D eigenvalue weighted by Gasteiger charge is 2.32. The summed E-state index contributed by atoms with van der Waals surface area (Å²) in [4.78, 5) is 17.6. The zero-order valence-corrected chi connectivity index (χ0v) is 17.3. The molecular weight excluding hydrogens is 382 g/mol. The van der Waals surface area contributed by atoms with Crippen LogP contribution >= 0.6 is 11.3 Å². The summed E-state index contributed by atoms with van der Waals surface area (Å²) in [5.74, 6) is 0. The summed E-state index contributed by atoms with van der Waals surface area (Å²) < 4.78 is 26.7. The number of aromatic amines is 1. The average Bonchev–Trinajstić information content (AvgIpc) is 3.14. The van der Waals surface area contributed by atoms with Gasteiger partial charge in [-0.15, -0.1) is 17.9 Å². The highest BCUT2D eigenvalue weighted by molar-refractivity contribution is 7.94. The number of rotatable bonds is 6. The van der Waals surface area contributed by atoms with Gasteiger partial charge in [0, 0.05) is 47.9 Å². The van der Waals surface area contributed by atoms with Crippen molar-refractivity contribution in [2.45, 2.75) is 29.9 Å². The number of H-pyrrole nitrogens is 1. The molecular formula is C19H25N3O3S2. The Morgan fingerprint density at radius 1 is 1.33 bits per heavy atom. The lowest BCUT2D eigenvalue weighted by Crippen LogP contribution is -2.50. The Kier molecular flexibility index (Phi) is 6.00. The maximum atomic E-state index is 13.2. The predicted molar refractivity (Wildman–Crippen MR) is 110 cm³/mol. The Hall–Kier alpha value is -1.74. The Balaban J connectivity index is 1.97. The van der Waals surface area contributed by atoms with Crippen LogP contribution in [0.25, 0.3) is 10.4 Å². The van der Waals surface area contributed by atoms with Gasteiger partial charge in [-0.2, -0.15) is 0 Å². The second-order valence-corrected chi connectivity index (χ2v) is 9.95. The van der Waals surface area contributed by atoms with Crippen LogP contribution in [0.2, 0.25) is 0 Å². The molecule has 1 aliphatic rings. The van der Waals surface area contributed by atoms with Gasteiger partial charge in [-0.05, 0) is 31.5 Å². The number of aromatic nitrogens is 1. The number of piperazine rings is 1. The predicted octanol–water partition coefficient (Wildman–Crippen LogP) is 2.17. The molecule has 2 aromatic rings. The van der Waals surface area contributed by atoms with Gasteiger partial charge in [-0.3, -0.25) is 9.69 Å². The fourth-order valence-electron chi connectivity index (χ4n) is 3.33. The molecule has 146 valence electrons. The molecule has 6 nitrogen and oxygen atoms in total. The molecule has 3 rings (SSSR count). The van der Waals surface area contributed by atoms with Crippen LogP contribution in [0.4, 0.5) is 0 Å². The van der Waals surface area contributed by atoms with E-state index in [2.05, 4.69) is 16.9 Å². The maximum Gasteiger partial charge on any atom is 0.251 e. The van der Waals surface area contributed by atoms with Crippen molar-refractivity contribution in [3.63, 3.8) is 0 Å². The van der Waals surface area contributed by atoms with E-state index in [9.17, 15) is 13.2 Å². The van der Waals surface area contributed by atoms with Crippen LogP contribution < -0.4 is 10.9 Å². The number of nitrogens with one attached hydrogen (secondary N) is 2. The third-order valence-corrected chi connectivity index (χ3v) is 8.54. The van der Waals surface area contributed by atoms with Gasteiger partial charge in [0.25, 0.3) is 5.56 Å². The van der Waals surface area contributed by atoms with Gasteiger partial charge in [0.1, 0.15) is 9.58 Å². The van der Waals surface area contributed by atoms with Gasteiger partial charge in [0.2, 0.25) is 9.84 Å². The lowest BCUT2D eigenvalue weighted by Gasteiger charge is -2.32. The number of thiophene rings is 1. The minimum absolute atomic E-state index is 0.0893. The fraction of sp³-hybridized carbons (Fsp3) is 0.421. The van der Waals surface area contributed by atoms with Crippen molar-refractivity contribution in [2.24, 2.45) is 0 Å². The molecule has 0 bridgehead atoms. The van der Waals surface area contributed by atoms with Gasteiger partial charge in [0.15, 0.2) is 0 Å². The third kappa shape index (κ3) is 3.94. The van der Waals surface area contributed by atoms with E-state index in [1.54, 1.807) is 6.07 Å². The largest absolute Gasteiger partial charge is 0.326 e. The van der Waals surface area contributed by atoms with Crippen LogP contribution in [-0.2, 0) is 16.3 Å². The van der Waals surface area contributed by atoms with Gasteiger partial charge >= 0.3 is 0 Å². The van der Waals surface area contributed by atoms with E-state index in [0.29, 0.717) is 29.3 Å². The smallest absolute Gasteiger partial charge is 0.251 e. The van der Waals surface area contributed by atoms with Crippen LogP contribution in [-0.4, -0.2) is 49.9 Å². The highest BCUT2D eigenvalue weighted by atomic mass is 32.2. The van der Waals surface area contributed by atoms with Crippen molar-refractivity contribution >= 4 is 21.2 Å². The van der Waals surface area contributed by atoms with E-state index in [-0.39, 0.29) is 5.56 Å². The fourth-order valence-corrected chi connectivity index (χ4v) is 6.52. The van der Waals surface area contributed by atoms with Gasteiger partial charge < -0.3 is 10.3 Å². The summed E-state index contributed by atoms with van der Waals surface area (Å²) in [6.45, 7) is 10.4. The average molecular weight is 408 g/mol. The molecule has 0 aliphatic carbocycles. The molecule has 0 amide bonds. The summed E-state index contributed by atoms with van der Waals surface area (Å²) in [5, 5.41) is 2.51. The molecule has 8 heteroatoms. The molecule has 2 aromatic heterocycles. The molecule has 1 unspecified atom stereocenters. The van der Waals surface area contributed by atoms with Crippen molar-refractivity contribution < 1.29 is 8.42 Å². The van der Waals surface area contributed by atoms with E-state index in [4.69, 9.17) is 0 Å². The van der Waals surface area contributed by atoms with Crippen LogP contribution in [0.5, 0.6) is 0 Å². The van der Waals surface area contributed by atoms with E-state index >= 15 is 0 Å². The number of hydrogen-bond donors (Lipinski definition) is 2. The lowest BCUT2D eigenvalue weighted by molar-refractivity contribution is 0.241. The topological polar surface area (TPSA) is 82.3 Å². The zero-order valence-electron chi connectivity index (χ0n) is 15.6. The Bertz CT molecular complexity index is 986. The Morgan fingerprint density at radius 2 is 2.04 bits per heavy atom. The van der Waals surface area contributed by atoms with E-state index < -0.39 is 15.2 Å². The van der Waals surface area contributed by atoms with Crippen LogP contribution in [0.1, 0.15) is 18.2 Å². The molecule has 1 saturated heterocycles. The normalized spacial score (nSPS) is 17.0. The van der Waals surface area contributed by atoms with Crippen molar-refractivity contribution in [1.29, 1.82) is 0 Å². The summed E-state index contributed by atoms with van der Waals surface area (Å²) in [5.41, 5.74) is 2.22. The summed E-state index contributed by atoms with van der Waals surface area (Å²) in [6.07, 6.45) is 2.14. The number of aryl methyl sites for hydroxylation is 2. The highest BCUT2D eigenvalue weighted by Crippen LogP contribution is 2.34. The number of sulfone groups is 1. The molecule has 3 heterocycles. The third-order valence-electron chi connectivity index (χ3n) is 4.85. The summed E-state index contributed by atoms with van der Waals surface area (Å²) in [7, 11) is -3.55. The second kappa shape index (κ2) is 8.10. The standard InChI is InChI=1S/C19H25N3O3S2/c1-4-14-12-15(13(3)21-19(14)23)16-6-7-18(26-16)27(24,25)17(5-2)22-10-8-20-9-11-22/h5-7,12,17,20H,2,4,8-11H2,1,3H3,(H,21,23). The van der Waals surface area contributed by atoms with Crippen molar-refractivity contribution in [2.75, 3.05) is 26.2 Å². The van der Waals surface area contributed by atoms with E-state index in [1.807, 2.05) is 30.9 Å². The van der Waals surface area contributed by atoms with Crippen LogP contribution in [0, 0.1) is 6.92 Å². The first-order chi connectivity index (χ1) is 12.9. The van der Waals surface area contributed by atoms with Crippen molar-refractivity contribution in [3.8, 4) is 10.4 Å². The van der Waals surface area contributed by atoms with Crippen LogP contribution in [0.15, 0.2) is 39.9 Å². The first-order valence-corrected chi connectivity index (χ1v) is 11.4. The molecule has 0 saturated carbocycles. The minimum Gasteiger partial charge on any atom is -0.326 e.